The highest BCUT2D eigenvalue weighted by molar-refractivity contribution is 7.99. The Morgan fingerprint density at radius 3 is 3.12 bits per heavy atom. The zero-order valence-electron chi connectivity index (χ0n) is 15.1. The highest BCUT2D eigenvalue weighted by atomic mass is 32.2. The molecule has 3 saturated heterocycles. The third-order valence-electron chi connectivity index (χ3n) is 5.99. The van der Waals surface area contributed by atoms with Gasteiger partial charge in [-0.3, -0.25) is 9.59 Å². The molecule has 4 heterocycles. The number of hydrogen-bond donors (Lipinski definition) is 1. The van der Waals surface area contributed by atoms with E-state index < -0.39 is 0 Å². The Morgan fingerprint density at radius 1 is 1.46 bits per heavy atom. The SMILES string of the molecule is CCCSCC(=O)N1C[C@@H]2[C@H](CNC(=O)c3ccoc3)[C@H]3CC[C@]2(C1)O3. The minimum atomic E-state index is -0.180. The Balaban J connectivity index is 1.36. The summed E-state index contributed by atoms with van der Waals surface area (Å²) < 4.78 is 11.3. The Morgan fingerprint density at radius 2 is 2.35 bits per heavy atom. The van der Waals surface area contributed by atoms with Crippen LogP contribution in [0.4, 0.5) is 0 Å². The van der Waals surface area contributed by atoms with Gasteiger partial charge in [-0.2, -0.15) is 11.8 Å². The second-order valence-corrected chi connectivity index (χ2v) is 8.68. The number of likely N-dealkylation sites (tertiary alicyclic amines) is 1. The van der Waals surface area contributed by atoms with Crippen molar-refractivity contribution in [2.45, 2.75) is 37.9 Å². The average molecular weight is 378 g/mol. The van der Waals surface area contributed by atoms with Crippen LogP contribution in [0.2, 0.25) is 0 Å². The quantitative estimate of drug-likeness (QED) is 0.736. The molecule has 0 aromatic carbocycles. The van der Waals surface area contributed by atoms with Crippen molar-refractivity contribution >= 4 is 23.6 Å². The van der Waals surface area contributed by atoms with Gasteiger partial charge in [0.2, 0.25) is 5.91 Å². The Kier molecular flexibility index (Phi) is 5.01. The molecule has 0 aliphatic carbocycles. The summed E-state index contributed by atoms with van der Waals surface area (Å²) in [5, 5.41) is 3.02. The number of fused-ring (bicyclic) bond motifs is 1. The van der Waals surface area contributed by atoms with Crippen molar-refractivity contribution in [3.8, 4) is 0 Å². The smallest absolute Gasteiger partial charge is 0.254 e. The molecule has 2 amide bonds. The summed E-state index contributed by atoms with van der Waals surface area (Å²) in [6.45, 7) is 4.19. The normalized spacial score (nSPS) is 32.0. The van der Waals surface area contributed by atoms with E-state index in [9.17, 15) is 9.59 Å². The van der Waals surface area contributed by atoms with Crippen molar-refractivity contribution in [2.24, 2.45) is 11.8 Å². The molecule has 142 valence electrons. The van der Waals surface area contributed by atoms with E-state index in [2.05, 4.69) is 12.2 Å². The molecule has 0 radical (unpaired) electrons. The lowest BCUT2D eigenvalue weighted by Crippen LogP contribution is -2.41. The number of ether oxygens (including phenoxy) is 1. The number of nitrogens with zero attached hydrogens (tertiary/aromatic N) is 1. The monoisotopic (exact) mass is 378 g/mol. The fourth-order valence-electron chi connectivity index (χ4n) is 4.75. The van der Waals surface area contributed by atoms with E-state index in [1.54, 1.807) is 17.8 Å². The number of amides is 2. The fourth-order valence-corrected chi connectivity index (χ4v) is 5.55. The molecule has 2 bridgehead atoms. The Bertz CT molecular complexity index is 665. The molecule has 1 N–H and O–H groups in total. The maximum atomic E-state index is 12.5. The molecule has 1 aromatic heterocycles. The van der Waals surface area contributed by atoms with Gasteiger partial charge >= 0.3 is 0 Å². The minimum Gasteiger partial charge on any atom is -0.472 e. The van der Waals surface area contributed by atoms with Gasteiger partial charge in [-0.15, -0.1) is 0 Å². The van der Waals surface area contributed by atoms with Crippen LogP contribution in [-0.4, -0.2) is 59.6 Å². The van der Waals surface area contributed by atoms with Gasteiger partial charge < -0.3 is 19.4 Å². The summed E-state index contributed by atoms with van der Waals surface area (Å²) in [5.74, 6) is 2.29. The molecule has 3 aliphatic heterocycles. The summed E-state index contributed by atoms with van der Waals surface area (Å²) in [4.78, 5) is 26.7. The van der Waals surface area contributed by atoms with E-state index in [1.165, 1.54) is 12.5 Å². The highest BCUT2D eigenvalue weighted by Crippen LogP contribution is 2.54. The molecule has 6 nitrogen and oxygen atoms in total. The first-order valence-corrected chi connectivity index (χ1v) is 10.6. The van der Waals surface area contributed by atoms with Crippen molar-refractivity contribution in [1.29, 1.82) is 0 Å². The van der Waals surface area contributed by atoms with E-state index in [1.807, 2.05) is 4.90 Å². The lowest BCUT2D eigenvalue weighted by atomic mass is 9.73. The van der Waals surface area contributed by atoms with Crippen molar-refractivity contribution in [2.75, 3.05) is 31.1 Å². The van der Waals surface area contributed by atoms with Crippen LogP contribution >= 0.6 is 11.8 Å². The summed E-state index contributed by atoms with van der Waals surface area (Å²) in [6, 6.07) is 1.66. The van der Waals surface area contributed by atoms with Crippen LogP contribution in [0.25, 0.3) is 0 Å². The van der Waals surface area contributed by atoms with E-state index in [-0.39, 0.29) is 29.4 Å². The van der Waals surface area contributed by atoms with Crippen molar-refractivity contribution < 1.29 is 18.7 Å². The molecule has 7 heteroatoms. The average Bonchev–Trinajstić information content (AvgIpc) is 3.39. The predicted molar refractivity (Wildman–Crippen MR) is 99.1 cm³/mol. The van der Waals surface area contributed by atoms with Crippen molar-refractivity contribution in [3.63, 3.8) is 0 Å². The number of nitrogens with one attached hydrogen (secondary N) is 1. The molecule has 26 heavy (non-hydrogen) atoms. The molecule has 3 aliphatic rings. The van der Waals surface area contributed by atoms with Gasteiger partial charge in [0.1, 0.15) is 6.26 Å². The van der Waals surface area contributed by atoms with E-state index in [4.69, 9.17) is 9.15 Å². The number of carbonyl (C=O) groups is 2. The highest BCUT2D eigenvalue weighted by Gasteiger charge is 2.63. The molecular formula is C19H26N2O4S. The van der Waals surface area contributed by atoms with Gasteiger partial charge in [0.25, 0.3) is 5.91 Å². The first-order valence-electron chi connectivity index (χ1n) is 9.46. The van der Waals surface area contributed by atoms with Gasteiger partial charge in [-0.1, -0.05) is 6.92 Å². The third-order valence-corrected chi connectivity index (χ3v) is 7.14. The minimum absolute atomic E-state index is 0.113. The zero-order valence-corrected chi connectivity index (χ0v) is 15.9. The summed E-state index contributed by atoms with van der Waals surface area (Å²) in [6.07, 6.45) is 6.31. The molecular weight excluding hydrogens is 352 g/mol. The third kappa shape index (κ3) is 3.16. The van der Waals surface area contributed by atoms with Crippen LogP contribution in [-0.2, 0) is 9.53 Å². The van der Waals surface area contributed by atoms with Crippen LogP contribution in [0, 0.1) is 11.8 Å². The fraction of sp³-hybridized carbons (Fsp3) is 0.684. The van der Waals surface area contributed by atoms with Gasteiger partial charge in [0.15, 0.2) is 0 Å². The number of carbonyl (C=O) groups excluding carboxylic acids is 2. The van der Waals surface area contributed by atoms with E-state index in [0.717, 1.165) is 31.6 Å². The zero-order chi connectivity index (χ0) is 18.1. The predicted octanol–water partition coefficient (Wildman–Crippen LogP) is 2.16. The lowest BCUT2D eigenvalue weighted by molar-refractivity contribution is -0.128. The van der Waals surface area contributed by atoms with Gasteiger partial charge in [0.05, 0.1) is 35.8 Å². The number of thioether (sulfide) groups is 1. The number of hydrogen-bond acceptors (Lipinski definition) is 5. The summed E-state index contributed by atoms with van der Waals surface area (Å²) in [5.41, 5.74) is 0.362. The second kappa shape index (κ2) is 7.27. The summed E-state index contributed by atoms with van der Waals surface area (Å²) >= 11 is 1.71. The van der Waals surface area contributed by atoms with Crippen molar-refractivity contribution in [3.05, 3.63) is 24.2 Å². The largest absolute Gasteiger partial charge is 0.472 e. The van der Waals surface area contributed by atoms with Gasteiger partial charge in [-0.05, 0) is 31.1 Å². The standard InChI is InChI=1S/C19H26N2O4S/c1-2-7-26-11-17(22)21-9-15-14(16-3-5-19(15,12-21)25-16)8-20-18(23)13-4-6-24-10-13/h4,6,10,14-16H,2-3,5,7-9,11-12H2,1H3,(H,20,23)/t14-,15+,16+,19+/m0/s1. The molecule has 0 unspecified atom stereocenters. The number of furan rings is 1. The molecule has 4 rings (SSSR count). The maximum Gasteiger partial charge on any atom is 0.254 e. The number of rotatable bonds is 7. The molecule has 4 atom stereocenters. The first-order chi connectivity index (χ1) is 12.6. The van der Waals surface area contributed by atoms with Gasteiger partial charge in [-0.25, -0.2) is 0 Å². The molecule has 1 spiro atoms. The van der Waals surface area contributed by atoms with E-state index >= 15 is 0 Å². The molecule has 0 saturated carbocycles. The van der Waals surface area contributed by atoms with Crippen molar-refractivity contribution in [1.82, 2.24) is 10.2 Å². The van der Waals surface area contributed by atoms with Crippen LogP contribution < -0.4 is 5.32 Å². The Hall–Kier alpha value is -1.47. The van der Waals surface area contributed by atoms with Crippen LogP contribution in [0.5, 0.6) is 0 Å². The van der Waals surface area contributed by atoms with Gasteiger partial charge in [0, 0.05) is 24.9 Å². The van der Waals surface area contributed by atoms with Crippen LogP contribution in [0.3, 0.4) is 0 Å². The molecule has 1 aromatic rings. The van der Waals surface area contributed by atoms with Crippen LogP contribution in [0.1, 0.15) is 36.5 Å². The maximum absolute atomic E-state index is 12.5. The first kappa shape index (κ1) is 17.9. The topological polar surface area (TPSA) is 71.8 Å². The lowest BCUT2D eigenvalue weighted by Gasteiger charge is -2.29. The Labute approximate surface area is 158 Å². The molecule has 3 fully saturated rings. The van der Waals surface area contributed by atoms with E-state index in [0.29, 0.717) is 30.3 Å². The second-order valence-electron chi connectivity index (χ2n) is 7.58. The summed E-state index contributed by atoms with van der Waals surface area (Å²) in [7, 11) is 0. The van der Waals surface area contributed by atoms with Crippen LogP contribution in [0.15, 0.2) is 23.0 Å².